The second-order valence-corrected chi connectivity index (χ2v) is 8.62. The zero-order valence-electron chi connectivity index (χ0n) is 18.6. The molecule has 0 unspecified atom stereocenters. The lowest BCUT2D eigenvalue weighted by Gasteiger charge is -2.35. The summed E-state index contributed by atoms with van der Waals surface area (Å²) < 4.78 is 10.6. The monoisotopic (exact) mass is 462 g/mol. The Balaban J connectivity index is 1.77. The van der Waals surface area contributed by atoms with Gasteiger partial charge in [-0.2, -0.15) is 5.26 Å². The summed E-state index contributed by atoms with van der Waals surface area (Å²) in [6.07, 6.45) is 0.997. The number of nitriles is 1. The number of carbonyl (C=O) groups is 2. The van der Waals surface area contributed by atoms with Gasteiger partial charge in [-0.05, 0) is 54.7 Å². The van der Waals surface area contributed by atoms with Crippen LogP contribution in [0.25, 0.3) is 0 Å². The molecule has 0 spiro atoms. The number of benzene rings is 2. The molecule has 2 aromatic carbocycles. The molecule has 168 valence electrons. The fraction of sp³-hybridized carbons (Fsp3) is 0.269. The van der Waals surface area contributed by atoms with E-state index in [-0.39, 0.29) is 17.5 Å². The Kier molecular flexibility index (Phi) is 6.26. The van der Waals surface area contributed by atoms with Gasteiger partial charge in [0, 0.05) is 35.3 Å². The molecular formula is C26H23ClN2O4. The summed E-state index contributed by atoms with van der Waals surface area (Å²) in [6.45, 7) is 3.16. The Labute approximate surface area is 197 Å². The Bertz CT molecular complexity index is 1240. The third-order valence-corrected chi connectivity index (χ3v) is 6.32. The standard InChI is InChI=1S/C26H23ClN2O4/c1-14-20(13-28)25(17-6-9-23(33-15(2)30)24(12-17)32-3)26-21(29-14)10-18(11-22(26)31)16-4-7-19(27)8-5-16/h4-9,12,18,25,29H,10-11H2,1-3H3/t18-,25-/m0/s1. The fourth-order valence-corrected chi connectivity index (χ4v) is 4.72. The molecule has 1 aliphatic heterocycles. The number of rotatable bonds is 4. The predicted octanol–water partition coefficient (Wildman–Crippen LogP) is 5.16. The first kappa shape index (κ1) is 22.6. The van der Waals surface area contributed by atoms with Gasteiger partial charge in [0.25, 0.3) is 0 Å². The van der Waals surface area contributed by atoms with Gasteiger partial charge < -0.3 is 14.8 Å². The lowest BCUT2D eigenvalue weighted by Crippen LogP contribution is -2.33. The number of ketones is 1. The van der Waals surface area contributed by atoms with E-state index in [9.17, 15) is 14.9 Å². The first-order valence-electron chi connectivity index (χ1n) is 10.6. The normalized spacial score (nSPS) is 20.0. The van der Waals surface area contributed by atoms with Crippen molar-refractivity contribution in [2.24, 2.45) is 0 Å². The molecule has 0 radical (unpaired) electrons. The van der Waals surface area contributed by atoms with Crippen LogP contribution >= 0.6 is 11.6 Å². The van der Waals surface area contributed by atoms with Crippen LogP contribution in [0.2, 0.25) is 5.02 Å². The van der Waals surface area contributed by atoms with Crippen molar-refractivity contribution in [1.29, 1.82) is 5.26 Å². The van der Waals surface area contributed by atoms with Crippen molar-refractivity contribution in [3.05, 3.63) is 81.2 Å². The van der Waals surface area contributed by atoms with Gasteiger partial charge in [-0.3, -0.25) is 9.59 Å². The Morgan fingerprint density at radius 3 is 2.45 bits per heavy atom. The molecule has 0 saturated carbocycles. The quantitative estimate of drug-likeness (QED) is 0.498. The third-order valence-electron chi connectivity index (χ3n) is 6.06. The highest BCUT2D eigenvalue weighted by molar-refractivity contribution is 6.30. The molecule has 0 saturated heterocycles. The maximum atomic E-state index is 13.4. The van der Waals surface area contributed by atoms with Crippen molar-refractivity contribution in [1.82, 2.24) is 5.32 Å². The van der Waals surface area contributed by atoms with E-state index in [4.69, 9.17) is 21.1 Å². The van der Waals surface area contributed by atoms with Crippen LogP contribution in [0.1, 0.15) is 49.7 Å². The van der Waals surface area contributed by atoms with E-state index in [1.165, 1.54) is 14.0 Å². The number of Topliss-reactive ketones (excluding diaryl/α,β-unsaturated/α-hetero) is 1. The summed E-state index contributed by atoms with van der Waals surface area (Å²) in [5, 5.41) is 13.9. The molecule has 1 heterocycles. The number of nitrogens with zero attached hydrogens (tertiary/aromatic N) is 1. The number of dihydropyridines is 1. The zero-order chi connectivity index (χ0) is 23.7. The van der Waals surface area contributed by atoms with E-state index < -0.39 is 11.9 Å². The minimum Gasteiger partial charge on any atom is -0.493 e. The van der Waals surface area contributed by atoms with Crippen LogP contribution in [-0.2, 0) is 9.59 Å². The molecule has 4 rings (SSSR count). The maximum Gasteiger partial charge on any atom is 0.308 e. The molecule has 0 amide bonds. The number of ether oxygens (including phenoxy) is 2. The van der Waals surface area contributed by atoms with E-state index in [0.717, 1.165) is 16.8 Å². The summed E-state index contributed by atoms with van der Waals surface area (Å²) in [7, 11) is 1.48. The number of halogens is 1. The highest BCUT2D eigenvalue weighted by atomic mass is 35.5. The minimum absolute atomic E-state index is 0.00280. The summed E-state index contributed by atoms with van der Waals surface area (Å²) in [6, 6.07) is 15.0. The number of hydrogen-bond donors (Lipinski definition) is 1. The van der Waals surface area contributed by atoms with Gasteiger partial charge in [0.15, 0.2) is 17.3 Å². The smallest absolute Gasteiger partial charge is 0.308 e. The topological polar surface area (TPSA) is 88.4 Å². The summed E-state index contributed by atoms with van der Waals surface area (Å²) in [5.41, 5.74) is 4.41. The summed E-state index contributed by atoms with van der Waals surface area (Å²) in [5.74, 6) is -0.312. The number of esters is 1. The first-order valence-corrected chi connectivity index (χ1v) is 11.0. The van der Waals surface area contributed by atoms with Gasteiger partial charge in [-0.25, -0.2) is 0 Å². The van der Waals surface area contributed by atoms with E-state index in [0.29, 0.717) is 40.5 Å². The Morgan fingerprint density at radius 2 is 1.82 bits per heavy atom. The van der Waals surface area contributed by atoms with Crippen molar-refractivity contribution in [3.63, 3.8) is 0 Å². The van der Waals surface area contributed by atoms with Crippen LogP contribution in [0.4, 0.5) is 0 Å². The van der Waals surface area contributed by atoms with Gasteiger partial charge >= 0.3 is 5.97 Å². The SMILES string of the molecule is COc1cc([C@H]2C(C#N)=C(C)NC3=C2C(=O)C[C@@H](c2ccc(Cl)cc2)C3)ccc1OC(C)=O. The van der Waals surface area contributed by atoms with Crippen LogP contribution in [0.5, 0.6) is 11.5 Å². The molecule has 2 aromatic rings. The molecule has 7 heteroatoms. The van der Waals surface area contributed by atoms with Crippen LogP contribution in [0, 0.1) is 11.3 Å². The Morgan fingerprint density at radius 1 is 1.12 bits per heavy atom. The fourth-order valence-electron chi connectivity index (χ4n) is 4.59. The Hall–Kier alpha value is -3.56. The first-order chi connectivity index (χ1) is 15.8. The van der Waals surface area contributed by atoms with Crippen molar-refractivity contribution >= 4 is 23.4 Å². The van der Waals surface area contributed by atoms with Gasteiger partial charge in [-0.1, -0.05) is 29.8 Å². The third kappa shape index (κ3) is 4.37. The molecule has 2 aliphatic rings. The molecule has 1 aliphatic carbocycles. The van der Waals surface area contributed by atoms with Gasteiger partial charge in [0.1, 0.15) is 0 Å². The van der Waals surface area contributed by atoms with Crippen molar-refractivity contribution in [2.75, 3.05) is 7.11 Å². The minimum atomic E-state index is -0.523. The van der Waals surface area contributed by atoms with Crippen LogP contribution in [0.15, 0.2) is 65.0 Å². The molecule has 0 fully saturated rings. The van der Waals surface area contributed by atoms with Gasteiger partial charge in [0.2, 0.25) is 0 Å². The lowest BCUT2D eigenvalue weighted by molar-refractivity contribution is -0.132. The average Bonchev–Trinajstić information content (AvgIpc) is 2.78. The molecule has 1 N–H and O–H groups in total. The van der Waals surface area contributed by atoms with Gasteiger partial charge in [-0.15, -0.1) is 0 Å². The van der Waals surface area contributed by atoms with Crippen molar-refractivity contribution < 1.29 is 19.1 Å². The predicted molar refractivity (Wildman–Crippen MR) is 124 cm³/mol. The highest BCUT2D eigenvalue weighted by Gasteiger charge is 2.39. The number of carbonyl (C=O) groups excluding carboxylic acids is 2. The number of methoxy groups -OCH3 is 1. The summed E-state index contributed by atoms with van der Waals surface area (Å²) in [4.78, 5) is 24.9. The van der Waals surface area contributed by atoms with Gasteiger partial charge in [0.05, 0.1) is 24.7 Å². The second-order valence-electron chi connectivity index (χ2n) is 8.18. The van der Waals surface area contributed by atoms with E-state index in [1.807, 2.05) is 31.2 Å². The number of nitrogens with one attached hydrogen (secondary N) is 1. The molecule has 6 nitrogen and oxygen atoms in total. The largest absolute Gasteiger partial charge is 0.493 e. The molecule has 2 atom stereocenters. The van der Waals surface area contributed by atoms with Crippen LogP contribution < -0.4 is 14.8 Å². The van der Waals surface area contributed by atoms with Crippen LogP contribution in [0.3, 0.4) is 0 Å². The van der Waals surface area contributed by atoms with E-state index in [1.54, 1.807) is 18.2 Å². The molecule has 0 bridgehead atoms. The highest BCUT2D eigenvalue weighted by Crippen LogP contribution is 2.46. The summed E-state index contributed by atoms with van der Waals surface area (Å²) >= 11 is 6.03. The average molecular weight is 463 g/mol. The second kappa shape index (κ2) is 9.13. The zero-order valence-corrected chi connectivity index (χ0v) is 19.3. The number of allylic oxidation sites excluding steroid dienone is 4. The van der Waals surface area contributed by atoms with Crippen molar-refractivity contribution in [3.8, 4) is 17.6 Å². The van der Waals surface area contributed by atoms with Crippen LogP contribution in [-0.4, -0.2) is 18.9 Å². The van der Waals surface area contributed by atoms with E-state index in [2.05, 4.69) is 11.4 Å². The van der Waals surface area contributed by atoms with E-state index >= 15 is 0 Å². The molecule has 0 aromatic heterocycles. The molecular weight excluding hydrogens is 440 g/mol. The molecule has 33 heavy (non-hydrogen) atoms. The maximum absolute atomic E-state index is 13.4. The lowest BCUT2D eigenvalue weighted by atomic mass is 9.72. The number of hydrogen-bond acceptors (Lipinski definition) is 6. The van der Waals surface area contributed by atoms with Crippen molar-refractivity contribution in [2.45, 2.75) is 38.5 Å².